The SMILES string of the molecule is COCc1cccc(CN(CC(=O)O)C2CC2)c1. The van der Waals surface area contributed by atoms with Crippen molar-refractivity contribution in [3.8, 4) is 0 Å². The van der Waals surface area contributed by atoms with E-state index in [9.17, 15) is 4.79 Å². The van der Waals surface area contributed by atoms with Crippen LogP contribution >= 0.6 is 0 Å². The second-order valence-corrected chi connectivity index (χ2v) is 4.78. The molecular formula is C14H19NO3. The van der Waals surface area contributed by atoms with E-state index >= 15 is 0 Å². The number of carbonyl (C=O) groups is 1. The van der Waals surface area contributed by atoms with Crippen molar-refractivity contribution in [2.45, 2.75) is 32.0 Å². The van der Waals surface area contributed by atoms with Crippen LogP contribution in [-0.2, 0) is 22.7 Å². The van der Waals surface area contributed by atoms with Gasteiger partial charge in [-0.25, -0.2) is 0 Å². The van der Waals surface area contributed by atoms with Gasteiger partial charge in [0.05, 0.1) is 13.2 Å². The van der Waals surface area contributed by atoms with Crippen LogP contribution in [0.5, 0.6) is 0 Å². The van der Waals surface area contributed by atoms with Crippen molar-refractivity contribution in [3.05, 3.63) is 35.4 Å². The smallest absolute Gasteiger partial charge is 0.317 e. The average Bonchev–Trinajstić information content (AvgIpc) is 3.12. The Kier molecular flexibility index (Phi) is 4.33. The average molecular weight is 249 g/mol. The maximum absolute atomic E-state index is 10.8. The Morgan fingerprint density at radius 2 is 2.17 bits per heavy atom. The fourth-order valence-electron chi connectivity index (χ4n) is 2.15. The summed E-state index contributed by atoms with van der Waals surface area (Å²) in [6, 6.07) is 8.59. The van der Waals surface area contributed by atoms with Crippen LogP contribution in [0.2, 0.25) is 0 Å². The molecular weight excluding hydrogens is 230 g/mol. The topological polar surface area (TPSA) is 49.8 Å². The number of nitrogens with zero attached hydrogens (tertiary/aromatic N) is 1. The Morgan fingerprint density at radius 3 is 2.78 bits per heavy atom. The van der Waals surface area contributed by atoms with Crippen molar-refractivity contribution in [1.29, 1.82) is 0 Å². The number of hydrogen-bond donors (Lipinski definition) is 1. The van der Waals surface area contributed by atoms with Gasteiger partial charge >= 0.3 is 5.97 Å². The number of carboxylic acids is 1. The van der Waals surface area contributed by atoms with Crippen LogP contribution in [0.3, 0.4) is 0 Å². The van der Waals surface area contributed by atoms with Crippen LogP contribution in [0.25, 0.3) is 0 Å². The monoisotopic (exact) mass is 249 g/mol. The third kappa shape index (κ3) is 3.82. The van der Waals surface area contributed by atoms with Crippen molar-refractivity contribution >= 4 is 5.97 Å². The van der Waals surface area contributed by atoms with E-state index in [-0.39, 0.29) is 6.54 Å². The van der Waals surface area contributed by atoms with Crippen molar-refractivity contribution in [2.75, 3.05) is 13.7 Å². The van der Waals surface area contributed by atoms with Crippen molar-refractivity contribution < 1.29 is 14.6 Å². The predicted molar refractivity (Wildman–Crippen MR) is 68.2 cm³/mol. The summed E-state index contributed by atoms with van der Waals surface area (Å²) >= 11 is 0. The first kappa shape index (κ1) is 13.1. The summed E-state index contributed by atoms with van der Waals surface area (Å²) in [6.45, 7) is 1.42. The lowest BCUT2D eigenvalue weighted by Gasteiger charge is -2.20. The molecule has 0 amide bonds. The minimum Gasteiger partial charge on any atom is -0.480 e. The highest BCUT2D eigenvalue weighted by Crippen LogP contribution is 2.28. The molecule has 0 heterocycles. The van der Waals surface area contributed by atoms with Crippen LogP contribution in [-0.4, -0.2) is 35.7 Å². The lowest BCUT2D eigenvalue weighted by Crippen LogP contribution is -2.31. The molecule has 4 nitrogen and oxygen atoms in total. The lowest BCUT2D eigenvalue weighted by atomic mass is 10.1. The Morgan fingerprint density at radius 1 is 1.44 bits per heavy atom. The van der Waals surface area contributed by atoms with Crippen molar-refractivity contribution in [2.24, 2.45) is 0 Å². The number of hydrogen-bond acceptors (Lipinski definition) is 3. The van der Waals surface area contributed by atoms with E-state index < -0.39 is 5.97 Å². The molecule has 0 radical (unpaired) electrons. The minimum atomic E-state index is -0.755. The molecule has 1 aliphatic rings. The molecule has 98 valence electrons. The summed E-state index contributed by atoms with van der Waals surface area (Å²) in [4.78, 5) is 12.9. The van der Waals surface area contributed by atoms with Gasteiger partial charge < -0.3 is 9.84 Å². The second-order valence-electron chi connectivity index (χ2n) is 4.78. The highest BCUT2D eigenvalue weighted by molar-refractivity contribution is 5.69. The molecule has 1 aliphatic carbocycles. The maximum atomic E-state index is 10.8. The number of benzene rings is 1. The molecule has 18 heavy (non-hydrogen) atoms. The van der Waals surface area contributed by atoms with E-state index in [2.05, 4.69) is 6.07 Å². The predicted octanol–water partition coefficient (Wildman–Crippen LogP) is 1.88. The molecule has 0 unspecified atom stereocenters. The first-order valence-corrected chi connectivity index (χ1v) is 6.21. The Labute approximate surface area is 107 Å². The summed E-state index contributed by atoms with van der Waals surface area (Å²) < 4.78 is 5.10. The van der Waals surface area contributed by atoms with Gasteiger partial charge in [0.1, 0.15) is 0 Å². The summed E-state index contributed by atoms with van der Waals surface area (Å²) in [7, 11) is 1.67. The van der Waals surface area contributed by atoms with Gasteiger partial charge in [-0.1, -0.05) is 24.3 Å². The van der Waals surface area contributed by atoms with Gasteiger partial charge in [0.15, 0.2) is 0 Å². The molecule has 0 spiro atoms. The fourth-order valence-corrected chi connectivity index (χ4v) is 2.15. The fraction of sp³-hybridized carbons (Fsp3) is 0.500. The molecule has 0 aromatic heterocycles. The Bertz CT molecular complexity index is 415. The zero-order chi connectivity index (χ0) is 13.0. The Hall–Kier alpha value is -1.39. The van der Waals surface area contributed by atoms with Crippen LogP contribution in [0.15, 0.2) is 24.3 Å². The molecule has 1 aromatic carbocycles. The molecule has 4 heteroatoms. The highest BCUT2D eigenvalue weighted by atomic mass is 16.5. The van der Waals surface area contributed by atoms with Gasteiger partial charge in [-0.15, -0.1) is 0 Å². The van der Waals surface area contributed by atoms with E-state index in [1.165, 1.54) is 0 Å². The molecule has 1 saturated carbocycles. The quantitative estimate of drug-likeness (QED) is 0.801. The van der Waals surface area contributed by atoms with Gasteiger partial charge in [-0.2, -0.15) is 0 Å². The maximum Gasteiger partial charge on any atom is 0.317 e. The third-order valence-corrected chi connectivity index (χ3v) is 3.09. The van der Waals surface area contributed by atoms with E-state index in [1.807, 2.05) is 23.1 Å². The van der Waals surface area contributed by atoms with Gasteiger partial charge in [-0.3, -0.25) is 9.69 Å². The number of ether oxygens (including phenoxy) is 1. The third-order valence-electron chi connectivity index (χ3n) is 3.09. The van der Waals surface area contributed by atoms with Crippen LogP contribution in [0.1, 0.15) is 24.0 Å². The molecule has 1 fully saturated rings. The van der Waals surface area contributed by atoms with Crippen LogP contribution in [0.4, 0.5) is 0 Å². The second kappa shape index (κ2) is 5.98. The molecule has 0 bridgehead atoms. The minimum absolute atomic E-state index is 0.124. The standard InChI is InChI=1S/C14H19NO3/c1-18-10-12-4-2-3-11(7-12)8-15(9-14(16)17)13-5-6-13/h2-4,7,13H,5-6,8-10H2,1H3,(H,16,17). The van der Waals surface area contributed by atoms with Crippen molar-refractivity contribution in [1.82, 2.24) is 4.90 Å². The summed E-state index contributed by atoms with van der Waals surface area (Å²) in [6.07, 6.45) is 2.23. The van der Waals surface area contributed by atoms with Crippen molar-refractivity contribution in [3.63, 3.8) is 0 Å². The first-order chi connectivity index (χ1) is 8.69. The van der Waals surface area contributed by atoms with E-state index in [0.29, 0.717) is 19.2 Å². The van der Waals surface area contributed by atoms with Gasteiger partial charge in [0.2, 0.25) is 0 Å². The van der Waals surface area contributed by atoms with Crippen LogP contribution < -0.4 is 0 Å². The molecule has 1 N–H and O–H groups in total. The highest BCUT2D eigenvalue weighted by Gasteiger charge is 2.30. The Balaban J connectivity index is 2.01. The normalized spacial score (nSPS) is 15.0. The van der Waals surface area contributed by atoms with E-state index in [4.69, 9.17) is 9.84 Å². The van der Waals surface area contributed by atoms with Gasteiger partial charge in [0, 0.05) is 19.7 Å². The van der Waals surface area contributed by atoms with E-state index in [0.717, 1.165) is 24.0 Å². The summed E-state index contributed by atoms with van der Waals surface area (Å²) in [5.74, 6) is -0.755. The zero-order valence-corrected chi connectivity index (χ0v) is 10.6. The number of methoxy groups -OCH3 is 1. The molecule has 2 rings (SSSR count). The lowest BCUT2D eigenvalue weighted by molar-refractivity contribution is -0.138. The largest absolute Gasteiger partial charge is 0.480 e. The molecule has 0 atom stereocenters. The van der Waals surface area contributed by atoms with Gasteiger partial charge in [0.25, 0.3) is 0 Å². The first-order valence-electron chi connectivity index (χ1n) is 6.21. The molecule has 0 aliphatic heterocycles. The number of aliphatic carboxylic acids is 1. The summed E-state index contributed by atoms with van der Waals surface area (Å²) in [5.41, 5.74) is 2.28. The number of carboxylic acid groups (broad SMARTS) is 1. The van der Waals surface area contributed by atoms with Gasteiger partial charge in [-0.05, 0) is 24.0 Å². The number of rotatable bonds is 7. The molecule has 1 aromatic rings. The molecule has 0 saturated heterocycles. The van der Waals surface area contributed by atoms with E-state index in [1.54, 1.807) is 7.11 Å². The van der Waals surface area contributed by atoms with Crippen LogP contribution in [0, 0.1) is 0 Å². The summed E-state index contributed by atoms with van der Waals surface area (Å²) in [5, 5.41) is 8.92. The zero-order valence-electron chi connectivity index (χ0n) is 10.6.